The van der Waals surface area contributed by atoms with Gasteiger partial charge in [0.15, 0.2) is 0 Å². The van der Waals surface area contributed by atoms with Gasteiger partial charge in [-0.05, 0) is 31.5 Å². The molecule has 19 heavy (non-hydrogen) atoms. The molecule has 0 spiro atoms. The van der Waals surface area contributed by atoms with Crippen LogP contribution in [0.1, 0.15) is 25.0 Å². The van der Waals surface area contributed by atoms with Gasteiger partial charge in [0.2, 0.25) is 0 Å². The quantitative estimate of drug-likeness (QED) is 0.764. The predicted octanol–water partition coefficient (Wildman–Crippen LogP) is 2.08. The Morgan fingerprint density at radius 1 is 1.53 bits per heavy atom. The lowest BCUT2D eigenvalue weighted by molar-refractivity contribution is -0.142. The van der Waals surface area contributed by atoms with Crippen molar-refractivity contribution in [2.75, 3.05) is 13.7 Å². The third-order valence-electron chi connectivity index (χ3n) is 2.83. The molecular weight excluding hydrogens is 247 g/mol. The molecule has 0 aliphatic rings. The SMILES string of the molecule is COC(=O)CN(Cc1ccc(F)c(C#N)c1)C(C)C. The molecular formula is C14H17FN2O2. The number of nitriles is 1. The van der Waals surface area contributed by atoms with Crippen molar-refractivity contribution in [1.29, 1.82) is 5.26 Å². The second-order valence-corrected chi connectivity index (χ2v) is 4.50. The van der Waals surface area contributed by atoms with Gasteiger partial charge in [-0.1, -0.05) is 6.07 Å². The van der Waals surface area contributed by atoms with E-state index in [9.17, 15) is 9.18 Å². The minimum absolute atomic E-state index is 0.0132. The van der Waals surface area contributed by atoms with Crippen molar-refractivity contribution in [2.24, 2.45) is 0 Å². The molecule has 0 N–H and O–H groups in total. The largest absolute Gasteiger partial charge is 0.468 e. The lowest BCUT2D eigenvalue weighted by atomic mass is 10.1. The van der Waals surface area contributed by atoms with Gasteiger partial charge in [-0.3, -0.25) is 9.69 Å². The van der Waals surface area contributed by atoms with E-state index >= 15 is 0 Å². The van der Waals surface area contributed by atoms with Gasteiger partial charge in [0.05, 0.1) is 19.2 Å². The van der Waals surface area contributed by atoms with Crippen LogP contribution in [0.2, 0.25) is 0 Å². The molecule has 1 aromatic rings. The molecule has 4 nitrogen and oxygen atoms in total. The first-order valence-electron chi connectivity index (χ1n) is 5.97. The third kappa shape index (κ3) is 4.34. The predicted molar refractivity (Wildman–Crippen MR) is 68.7 cm³/mol. The van der Waals surface area contributed by atoms with Crippen LogP contribution in [0.25, 0.3) is 0 Å². The zero-order valence-electron chi connectivity index (χ0n) is 11.3. The van der Waals surface area contributed by atoms with E-state index in [0.29, 0.717) is 6.54 Å². The number of hydrogen-bond acceptors (Lipinski definition) is 4. The summed E-state index contributed by atoms with van der Waals surface area (Å²) < 4.78 is 17.9. The first-order chi connectivity index (χ1) is 8.97. The molecule has 1 aromatic carbocycles. The Morgan fingerprint density at radius 2 is 2.21 bits per heavy atom. The van der Waals surface area contributed by atoms with Crippen molar-refractivity contribution < 1.29 is 13.9 Å². The van der Waals surface area contributed by atoms with E-state index in [2.05, 4.69) is 4.74 Å². The van der Waals surface area contributed by atoms with Gasteiger partial charge in [0.25, 0.3) is 0 Å². The van der Waals surface area contributed by atoms with Crippen LogP contribution in [-0.4, -0.2) is 30.6 Å². The van der Waals surface area contributed by atoms with Crippen LogP contribution in [0, 0.1) is 17.1 Å². The third-order valence-corrected chi connectivity index (χ3v) is 2.83. The van der Waals surface area contributed by atoms with Crippen molar-refractivity contribution in [3.8, 4) is 6.07 Å². The number of benzene rings is 1. The van der Waals surface area contributed by atoms with Crippen LogP contribution in [0.4, 0.5) is 4.39 Å². The zero-order chi connectivity index (χ0) is 14.4. The Hall–Kier alpha value is -1.93. The van der Waals surface area contributed by atoms with Gasteiger partial charge in [0.1, 0.15) is 11.9 Å². The summed E-state index contributed by atoms with van der Waals surface area (Å²) in [6, 6.07) is 6.32. The van der Waals surface area contributed by atoms with Crippen LogP contribution >= 0.6 is 0 Å². The molecule has 0 aliphatic heterocycles. The van der Waals surface area contributed by atoms with E-state index in [1.807, 2.05) is 18.7 Å². The minimum atomic E-state index is -0.532. The summed E-state index contributed by atoms with van der Waals surface area (Å²) in [5, 5.41) is 8.79. The molecule has 0 aliphatic carbocycles. The molecule has 0 aromatic heterocycles. The van der Waals surface area contributed by atoms with Crippen molar-refractivity contribution in [3.05, 3.63) is 35.1 Å². The Balaban J connectivity index is 2.85. The summed E-state index contributed by atoms with van der Waals surface area (Å²) in [7, 11) is 1.34. The highest BCUT2D eigenvalue weighted by molar-refractivity contribution is 5.71. The molecule has 0 heterocycles. The van der Waals surface area contributed by atoms with Crippen LogP contribution in [0.5, 0.6) is 0 Å². The normalized spacial score (nSPS) is 10.6. The maximum atomic E-state index is 13.2. The van der Waals surface area contributed by atoms with Gasteiger partial charge in [-0.2, -0.15) is 5.26 Å². The first-order valence-corrected chi connectivity index (χ1v) is 5.97. The number of carbonyl (C=O) groups is 1. The molecule has 0 unspecified atom stereocenters. The van der Waals surface area contributed by atoms with Gasteiger partial charge in [-0.25, -0.2) is 4.39 Å². The Labute approximate surface area is 112 Å². The van der Waals surface area contributed by atoms with E-state index in [-0.39, 0.29) is 24.1 Å². The van der Waals surface area contributed by atoms with E-state index in [1.54, 1.807) is 12.1 Å². The molecule has 102 valence electrons. The van der Waals surface area contributed by atoms with Crippen molar-refractivity contribution in [3.63, 3.8) is 0 Å². The number of halogens is 1. The van der Waals surface area contributed by atoms with E-state index < -0.39 is 5.82 Å². The summed E-state index contributed by atoms with van der Waals surface area (Å²) >= 11 is 0. The first kappa shape index (κ1) is 15.1. The second kappa shape index (κ2) is 6.86. The standard InChI is InChI=1S/C14H17FN2O2/c1-10(2)17(9-14(18)19-3)8-11-4-5-13(15)12(6-11)7-16/h4-6,10H,8-9H2,1-3H3. The maximum Gasteiger partial charge on any atom is 0.319 e. The lowest BCUT2D eigenvalue weighted by Gasteiger charge is -2.25. The Morgan fingerprint density at radius 3 is 2.74 bits per heavy atom. The molecule has 1 rings (SSSR count). The molecule has 5 heteroatoms. The number of methoxy groups -OCH3 is 1. The van der Waals surface area contributed by atoms with Crippen molar-refractivity contribution in [2.45, 2.75) is 26.4 Å². The highest BCUT2D eigenvalue weighted by Crippen LogP contribution is 2.13. The number of ether oxygens (including phenoxy) is 1. The topological polar surface area (TPSA) is 53.3 Å². The lowest BCUT2D eigenvalue weighted by Crippen LogP contribution is -2.35. The fourth-order valence-corrected chi connectivity index (χ4v) is 1.64. The molecule has 0 atom stereocenters. The summed E-state index contributed by atoms with van der Waals surface area (Å²) in [5.74, 6) is -0.855. The number of hydrogen-bond donors (Lipinski definition) is 0. The van der Waals surface area contributed by atoms with Gasteiger partial charge in [-0.15, -0.1) is 0 Å². The van der Waals surface area contributed by atoms with Crippen molar-refractivity contribution in [1.82, 2.24) is 4.90 Å². The molecule has 0 bridgehead atoms. The van der Waals surface area contributed by atoms with Gasteiger partial charge < -0.3 is 4.74 Å². The van der Waals surface area contributed by atoms with E-state index in [0.717, 1.165) is 5.56 Å². The minimum Gasteiger partial charge on any atom is -0.468 e. The summed E-state index contributed by atoms with van der Waals surface area (Å²) in [6.45, 7) is 4.53. The summed E-state index contributed by atoms with van der Waals surface area (Å²) in [4.78, 5) is 13.2. The van der Waals surface area contributed by atoms with Gasteiger partial charge in [0, 0.05) is 12.6 Å². The fraction of sp³-hybridized carbons (Fsp3) is 0.429. The van der Waals surface area contributed by atoms with Crippen LogP contribution in [0.15, 0.2) is 18.2 Å². The molecule has 0 amide bonds. The molecule has 0 fully saturated rings. The summed E-state index contributed by atoms with van der Waals surface area (Å²) in [6.07, 6.45) is 0. The Kier molecular flexibility index (Phi) is 5.46. The maximum absolute atomic E-state index is 13.2. The summed E-state index contributed by atoms with van der Waals surface area (Å²) in [5.41, 5.74) is 0.801. The Bertz CT molecular complexity index is 495. The van der Waals surface area contributed by atoms with Crippen LogP contribution < -0.4 is 0 Å². The second-order valence-electron chi connectivity index (χ2n) is 4.50. The van der Waals surface area contributed by atoms with E-state index in [1.165, 1.54) is 19.2 Å². The van der Waals surface area contributed by atoms with Crippen LogP contribution in [-0.2, 0) is 16.1 Å². The van der Waals surface area contributed by atoms with Crippen molar-refractivity contribution >= 4 is 5.97 Å². The number of nitrogens with zero attached hydrogens (tertiary/aromatic N) is 2. The molecule has 0 radical (unpaired) electrons. The number of carbonyl (C=O) groups excluding carboxylic acids is 1. The van der Waals surface area contributed by atoms with Crippen LogP contribution in [0.3, 0.4) is 0 Å². The smallest absolute Gasteiger partial charge is 0.319 e. The number of rotatable bonds is 5. The van der Waals surface area contributed by atoms with Gasteiger partial charge >= 0.3 is 5.97 Å². The fourth-order valence-electron chi connectivity index (χ4n) is 1.64. The monoisotopic (exact) mass is 264 g/mol. The average molecular weight is 264 g/mol. The number of esters is 1. The zero-order valence-corrected chi connectivity index (χ0v) is 11.3. The average Bonchev–Trinajstić information content (AvgIpc) is 2.39. The highest BCUT2D eigenvalue weighted by Gasteiger charge is 2.15. The molecule has 0 saturated heterocycles. The molecule has 0 saturated carbocycles. The highest BCUT2D eigenvalue weighted by atomic mass is 19.1. The van der Waals surface area contributed by atoms with E-state index in [4.69, 9.17) is 5.26 Å².